The lowest BCUT2D eigenvalue weighted by atomic mass is 9.97. The van der Waals surface area contributed by atoms with Crippen molar-refractivity contribution in [3.63, 3.8) is 0 Å². The van der Waals surface area contributed by atoms with Crippen LogP contribution in [-0.4, -0.2) is 41.0 Å². The molecule has 0 atom stereocenters. The Morgan fingerprint density at radius 3 is 2.52 bits per heavy atom. The van der Waals surface area contributed by atoms with Crippen molar-refractivity contribution in [2.45, 2.75) is 46.5 Å². The average Bonchev–Trinajstić information content (AvgIpc) is 2.49. The molecule has 1 aliphatic heterocycles. The van der Waals surface area contributed by atoms with Gasteiger partial charge in [0.2, 0.25) is 0 Å². The van der Waals surface area contributed by atoms with Crippen molar-refractivity contribution in [2.75, 3.05) is 37.2 Å². The van der Waals surface area contributed by atoms with Crippen LogP contribution in [0.25, 0.3) is 0 Å². The molecule has 1 aromatic rings. The van der Waals surface area contributed by atoms with Crippen molar-refractivity contribution < 1.29 is 0 Å². The summed E-state index contributed by atoms with van der Waals surface area (Å²) in [5, 5.41) is 3.50. The minimum absolute atomic E-state index is 0.293. The van der Waals surface area contributed by atoms with E-state index in [4.69, 9.17) is 5.73 Å². The van der Waals surface area contributed by atoms with Gasteiger partial charge in [-0.15, -0.1) is 0 Å². The van der Waals surface area contributed by atoms with E-state index in [1.54, 1.807) is 0 Å². The second-order valence-corrected chi connectivity index (χ2v) is 6.35. The first kappa shape index (κ1) is 16.0. The highest BCUT2D eigenvalue weighted by Gasteiger charge is 2.19. The maximum Gasteiger partial charge on any atom is 0.135 e. The van der Waals surface area contributed by atoms with Crippen LogP contribution in [0.4, 0.5) is 11.6 Å². The SMILES string of the molecule is CCN1CCC(CNc2nc(C(C)C)nc(N)c2C)CC1. The number of nitrogens with zero attached hydrogens (tertiary/aromatic N) is 3. The minimum Gasteiger partial charge on any atom is -0.383 e. The molecular formula is C16H29N5. The zero-order valence-corrected chi connectivity index (χ0v) is 13.8. The van der Waals surface area contributed by atoms with E-state index in [0.29, 0.717) is 11.7 Å². The van der Waals surface area contributed by atoms with Gasteiger partial charge in [-0.3, -0.25) is 0 Å². The standard InChI is InChI=1S/C16H29N5/c1-5-21-8-6-13(7-9-21)10-18-16-12(4)14(17)19-15(20-16)11(2)3/h11,13H,5-10H2,1-4H3,(H3,17,18,19,20). The summed E-state index contributed by atoms with van der Waals surface area (Å²) in [5.41, 5.74) is 6.97. The first-order valence-corrected chi connectivity index (χ1v) is 8.11. The minimum atomic E-state index is 0.293. The molecular weight excluding hydrogens is 262 g/mol. The monoisotopic (exact) mass is 291 g/mol. The Bertz CT molecular complexity index is 464. The number of aromatic nitrogens is 2. The summed E-state index contributed by atoms with van der Waals surface area (Å²) in [4.78, 5) is 11.5. The van der Waals surface area contributed by atoms with Gasteiger partial charge < -0.3 is 16.0 Å². The molecule has 118 valence electrons. The molecule has 0 aromatic carbocycles. The van der Waals surface area contributed by atoms with Gasteiger partial charge in [0.05, 0.1) is 0 Å². The number of hydrogen-bond donors (Lipinski definition) is 2. The van der Waals surface area contributed by atoms with Crippen LogP contribution in [0.1, 0.15) is 50.9 Å². The van der Waals surface area contributed by atoms with E-state index in [-0.39, 0.29) is 0 Å². The summed E-state index contributed by atoms with van der Waals surface area (Å²) in [6.45, 7) is 13.0. The van der Waals surface area contributed by atoms with Gasteiger partial charge in [-0.1, -0.05) is 20.8 Å². The highest BCUT2D eigenvalue weighted by atomic mass is 15.1. The van der Waals surface area contributed by atoms with E-state index >= 15 is 0 Å². The van der Waals surface area contributed by atoms with Gasteiger partial charge in [-0.25, -0.2) is 9.97 Å². The lowest BCUT2D eigenvalue weighted by molar-refractivity contribution is 0.198. The molecule has 21 heavy (non-hydrogen) atoms. The molecule has 1 aliphatic rings. The first-order valence-electron chi connectivity index (χ1n) is 8.11. The van der Waals surface area contributed by atoms with Crippen LogP contribution in [0.3, 0.4) is 0 Å². The van der Waals surface area contributed by atoms with Gasteiger partial charge in [-0.05, 0) is 45.3 Å². The summed E-state index contributed by atoms with van der Waals surface area (Å²) in [5.74, 6) is 3.34. The summed E-state index contributed by atoms with van der Waals surface area (Å²) < 4.78 is 0. The van der Waals surface area contributed by atoms with Crippen LogP contribution < -0.4 is 11.1 Å². The van der Waals surface area contributed by atoms with Crippen LogP contribution >= 0.6 is 0 Å². The summed E-state index contributed by atoms with van der Waals surface area (Å²) in [7, 11) is 0. The zero-order chi connectivity index (χ0) is 15.4. The molecule has 2 heterocycles. The summed E-state index contributed by atoms with van der Waals surface area (Å²) >= 11 is 0. The van der Waals surface area contributed by atoms with E-state index < -0.39 is 0 Å². The number of anilines is 2. The predicted octanol–water partition coefficient (Wildman–Crippen LogP) is 2.63. The van der Waals surface area contributed by atoms with Crippen LogP contribution in [0, 0.1) is 12.8 Å². The second kappa shape index (κ2) is 7.07. The molecule has 0 amide bonds. The lowest BCUT2D eigenvalue weighted by Gasteiger charge is -2.31. The third-order valence-corrected chi connectivity index (χ3v) is 4.43. The Morgan fingerprint density at radius 1 is 1.29 bits per heavy atom. The molecule has 0 spiro atoms. The van der Waals surface area contributed by atoms with Crippen LogP contribution in [0.5, 0.6) is 0 Å². The van der Waals surface area contributed by atoms with Gasteiger partial charge in [-0.2, -0.15) is 0 Å². The molecule has 0 aliphatic carbocycles. The van der Waals surface area contributed by atoms with E-state index in [1.807, 2.05) is 6.92 Å². The van der Waals surface area contributed by atoms with Gasteiger partial charge in [0.1, 0.15) is 17.5 Å². The summed E-state index contributed by atoms with van der Waals surface area (Å²) in [6, 6.07) is 0. The molecule has 5 heteroatoms. The number of nitrogens with one attached hydrogen (secondary N) is 1. The number of hydrogen-bond acceptors (Lipinski definition) is 5. The van der Waals surface area contributed by atoms with Crippen molar-refractivity contribution in [1.29, 1.82) is 0 Å². The fraction of sp³-hybridized carbons (Fsp3) is 0.750. The molecule has 5 nitrogen and oxygen atoms in total. The second-order valence-electron chi connectivity index (χ2n) is 6.35. The van der Waals surface area contributed by atoms with E-state index in [9.17, 15) is 0 Å². The van der Waals surface area contributed by atoms with Gasteiger partial charge in [0.25, 0.3) is 0 Å². The van der Waals surface area contributed by atoms with E-state index in [2.05, 4.69) is 41.0 Å². The van der Waals surface area contributed by atoms with E-state index in [0.717, 1.165) is 29.7 Å². The third kappa shape index (κ3) is 4.06. The predicted molar refractivity (Wildman–Crippen MR) is 88.6 cm³/mol. The largest absolute Gasteiger partial charge is 0.383 e. The normalized spacial score (nSPS) is 17.4. The number of piperidine rings is 1. The lowest BCUT2D eigenvalue weighted by Crippen LogP contribution is -2.35. The molecule has 0 saturated carbocycles. The number of nitrogens with two attached hydrogens (primary N) is 1. The van der Waals surface area contributed by atoms with Gasteiger partial charge >= 0.3 is 0 Å². The Balaban J connectivity index is 1.97. The zero-order valence-electron chi connectivity index (χ0n) is 13.8. The fourth-order valence-electron chi connectivity index (χ4n) is 2.73. The molecule has 1 saturated heterocycles. The molecule has 0 radical (unpaired) electrons. The highest BCUT2D eigenvalue weighted by Crippen LogP contribution is 2.23. The number of likely N-dealkylation sites (tertiary alicyclic amines) is 1. The Hall–Kier alpha value is -1.36. The van der Waals surface area contributed by atoms with Crippen LogP contribution in [0.2, 0.25) is 0 Å². The van der Waals surface area contributed by atoms with Gasteiger partial charge in [0, 0.05) is 18.0 Å². The molecule has 0 bridgehead atoms. The van der Waals surface area contributed by atoms with Crippen molar-refractivity contribution >= 4 is 11.6 Å². The van der Waals surface area contributed by atoms with Gasteiger partial charge in [0.15, 0.2) is 0 Å². The van der Waals surface area contributed by atoms with Crippen LogP contribution in [0.15, 0.2) is 0 Å². The molecule has 2 rings (SSSR count). The fourth-order valence-corrected chi connectivity index (χ4v) is 2.73. The smallest absolute Gasteiger partial charge is 0.135 e. The maximum absolute atomic E-state index is 6.01. The Kier molecular flexibility index (Phi) is 5.39. The molecule has 1 aromatic heterocycles. The first-order chi connectivity index (χ1) is 10.0. The van der Waals surface area contributed by atoms with Crippen molar-refractivity contribution in [2.24, 2.45) is 5.92 Å². The highest BCUT2D eigenvalue weighted by molar-refractivity contribution is 5.55. The third-order valence-electron chi connectivity index (χ3n) is 4.43. The molecule has 0 unspecified atom stereocenters. The maximum atomic E-state index is 6.01. The quantitative estimate of drug-likeness (QED) is 0.873. The topological polar surface area (TPSA) is 67.1 Å². The van der Waals surface area contributed by atoms with Crippen molar-refractivity contribution in [1.82, 2.24) is 14.9 Å². The molecule has 3 N–H and O–H groups in total. The summed E-state index contributed by atoms with van der Waals surface area (Å²) in [6.07, 6.45) is 2.52. The molecule has 1 fully saturated rings. The van der Waals surface area contributed by atoms with Crippen molar-refractivity contribution in [3.8, 4) is 0 Å². The number of rotatable bonds is 5. The van der Waals surface area contributed by atoms with Crippen LogP contribution in [-0.2, 0) is 0 Å². The Morgan fingerprint density at radius 2 is 1.95 bits per heavy atom. The van der Waals surface area contributed by atoms with Crippen molar-refractivity contribution in [3.05, 3.63) is 11.4 Å². The number of nitrogen functional groups attached to an aromatic ring is 1. The van der Waals surface area contributed by atoms with E-state index in [1.165, 1.54) is 32.5 Å². The average molecular weight is 291 g/mol. The Labute approximate surface area is 128 Å².